The molecule has 15 heteroatoms. The summed E-state index contributed by atoms with van der Waals surface area (Å²) in [6.45, 7) is 5.71. The highest BCUT2D eigenvalue weighted by atomic mass is 35.5. The fourth-order valence-electron chi connectivity index (χ4n) is 6.21. The molecular formula is C37H45ClFN5O8. The zero-order valence-corrected chi connectivity index (χ0v) is 30.3. The summed E-state index contributed by atoms with van der Waals surface area (Å²) in [4.78, 5) is 43.4. The van der Waals surface area contributed by atoms with Gasteiger partial charge in [-0.15, -0.1) is 0 Å². The van der Waals surface area contributed by atoms with Crippen LogP contribution in [0.15, 0.2) is 67.0 Å². The van der Waals surface area contributed by atoms with Crippen molar-refractivity contribution in [1.82, 2.24) is 26.1 Å². The molecule has 6 atom stereocenters. The van der Waals surface area contributed by atoms with Gasteiger partial charge in [0.1, 0.15) is 18.0 Å². The number of pyridine rings is 1. The van der Waals surface area contributed by atoms with Crippen molar-refractivity contribution in [2.75, 3.05) is 26.9 Å². The number of nitrogens with one attached hydrogen (secondary N) is 3. The summed E-state index contributed by atoms with van der Waals surface area (Å²) < 4.78 is 36.2. The number of aliphatic hydroxyl groups is 1. The molecular weight excluding hydrogens is 697 g/mol. The number of methoxy groups -OCH3 is 1. The highest BCUT2D eigenvalue weighted by Crippen LogP contribution is 2.33. The molecule has 3 aromatic rings. The lowest BCUT2D eigenvalue weighted by Crippen LogP contribution is -2.59. The van der Waals surface area contributed by atoms with Crippen molar-refractivity contribution in [2.24, 2.45) is 11.3 Å². The van der Waals surface area contributed by atoms with Gasteiger partial charge in [-0.3, -0.25) is 15.2 Å². The molecule has 2 aliphatic rings. The molecule has 2 aromatic carbocycles. The monoisotopic (exact) mass is 741 g/mol. The number of halogens is 2. The fourth-order valence-corrected chi connectivity index (χ4v) is 6.33. The Bertz CT molecular complexity index is 1680. The van der Waals surface area contributed by atoms with Gasteiger partial charge >= 0.3 is 12.2 Å². The number of carbonyl (C=O) groups excluding carboxylic acids is 3. The van der Waals surface area contributed by atoms with E-state index >= 15 is 0 Å². The molecule has 3 heterocycles. The van der Waals surface area contributed by atoms with Crippen molar-refractivity contribution in [3.8, 4) is 11.1 Å². The highest BCUT2D eigenvalue weighted by molar-refractivity contribution is 6.30. The highest BCUT2D eigenvalue weighted by Gasteiger charge is 2.44. The van der Waals surface area contributed by atoms with Gasteiger partial charge in [-0.2, -0.15) is 0 Å². The first-order valence-corrected chi connectivity index (χ1v) is 17.4. The minimum atomic E-state index is -1.30. The molecule has 0 aliphatic carbocycles. The number of hydrogen-bond donors (Lipinski definition) is 4. The Labute approximate surface area is 307 Å². The van der Waals surface area contributed by atoms with Crippen LogP contribution in [0.4, 0.5) is 14.0 Å². The maximum absolute atomic E-state index is 14.5. The smallest absolute Gasteiger partial charge is 0.407 e. The van der Waals surface area contributed by atoms with E-state index in [1.165, 1.54) is 24.3 Å². The average molecular weight is 742 g/mol. The summed E-state index contributed by atoms with van der Waals surface area (Å²) in [5.74, 6) is -1.35. The van der Waals surface area contributed by atoms with Gasteiger partial charge in [-0.05, 0) is 58.7 Å². The van der Waals surface area contributed by atoms with Crippen molar-refractivity contribution in [3.63, 3.8) is 0 Å². The average Bonchev–Trinajstić information content (AvgIpc) is 3.73. The Morgan fingerprint density at radius 2 is 1.81 bits per heavy atom. The van der Waals surface area contributed by atoms with E-state index in [4.69, 9.17) is 30.5 Å². The third kappa shape index (κ3) is 10.4. The molecule has 4 N–H and O–H groups in total. The lowest BCUT2D eigenvalue weighted by atomic mass is 9.86. The van der Waals surface area contributed by atoms with E-state index in [0.29, 0.717) is 18.6 Å². The van der Waals surface area contributed by atoms with Crippen LogP contribution < -0.4 is 16.1 Å². The molecule has 2 aliphatic heterocycles. The van der Waals surface area contributed by atoms with Gasteiger partial charge in [0.2, 0.25) is 0 Å². The number of rotatable bonds is 13. The molecule has 2 fully saturated rings. The number of aromatic nitrogens is 1. The molecule has 2 saturated heterocycles. The van der Waals surface area contributed by atoms with E-state index in [9.17, 15) is 23.9 Å². The number of carbonyl (C=O) groups is 3. The Morgan fingerprint density at radius 3 is 2.48 bits per heavy atom. The first kappa shape index (κ1) is 38.9. The van der Waals surface area contributed by atoms with Crippen molar-refractivity contribution >= 4 is 29.7 Å². The summed E-state index contributed by atoms with van der Waals surface area (Å²) in [5.41, 5.74) is 5.13. The number of alkyl carbamates (subject to hydrolysis) is 2. The van der Waals surface area contributed by atoms with Gasteiger partial charge in [0, 0.05) is 25.5 Å². The van der Waals surface area contributed by atoms with E-state index in [1.807, 2.05) is 36.4 Å². The first-order valence-electron chi connectivity index (χ1n) is 17.0. The van der Waals surface area contributed by atoms with Crippen molar-refractivity contribution < 1.29 is 42.8 Å². The van der Waals surface area contributed by atoms with Gasteiger partial charge < -0.3 is 34.7 Å². The van der Waals surface area contributed by atoms with E-state index in [-0.39, 0.29) is 37.1 Å². The van der Waals surface area contributed by atoms with E-state index in [2.05, 4.69) is 21.0 Å². The van der Waals surface area contributed by atoms with Crippen LogP contribution in [0.1, 0.15) is 38.3 Å². The fraction of sp³-hybridized carbons (Fsp3) is 0.459. The molecule has 3 amide bonds. The molecule has 5 rings (SSSR count). The molecule has 0 bridgehead atoms. The van der Waals surface area contributed by atoms with Crippen LogP contribution >= 0.6 is 11.6 Å². The first-order chi connectivity index (χ1) is 24.8. The van der Waals surface area contributed by atoms with Crippen LogP contribution in [0.3, 0.4) is 0 Å². The van der Waals surface area contributed by atoms with E-state index < -0.39 is 59.9 Å². The van der Waals surface area contributed by atoms with Crippen molar-refractivity contribution in [3.05, 3.63) is 89.0 Å². The second kappa shape index (κ2) is 17.5. The molecule has 0 saturated carbocycles. The Kier molecular flexibility index (Phi) is 13.0. The predicted molar refractivity (Wildman–Crippen MR) is 189 cm³/mol. The number of aliphatic hydroxyl groups excluding tert-OH is 1. The van der Waals surface area contributed by atoms with E-state index in [1.54, 1.807) is 39.2 Å². The number of ether oxygens (including phenoxy) is 4. The molecule has 280 valence electrons. The third-order valence-electron chi connectivity index (χ3n) is 9.02. The molecule has 6 unspecified atom stereocenters. The minimum absolute atomic E-state index is 0.0641. The van der Waals surface area contributed by atoms with Gasteiger partial charge in [-0.25, -0.2) is 19.0 Å². The number of fused-ring (bicyclic) bond motifs is 1. The number of nitrogens with zero attached hydrogens (tertiary/aromatic N) is 2. The van der Waals surface area contributed by atoms with Crippen LogP contribution in [-0.2, 0) is 36.7 Å². The zero-order chi connectivity index (χ0) is 37.4. The SMILES string of the molecule is COC(=O)NC(C(=O)NN(Cc1ccc(Cl)c(F)c1)CC(O)C(Cc1ccc(-c2cccnc2)cc1)NC(=O)OC1COC2OCCC12)C(C)(C)C. The Morgan fingerprint density at radius 1 is 1.06 bits per heavy atom. The van der Waals surface area contributed by atoms with Gasteiger partial charge in [0.05, 0.1) is 43.4 Å². The normalized spacial score (nSPS) is 20.0. The van der Waals surface area contributed by atoms with Gasteiger partial charge in [-0.1, -0.05) is 68.8 Å². The predicted octanol–water partition coefficient (Wildman–Crippen LogP) is 4.60. The molecule has 0 radical (unpaired) electrons. The van der Waals surface area contributed by atoms with Crippen molar-refractivity contribution in [1.29, 1.82) is 0 Å². The zero-order valence-electron chi connectivity index (χ0n) is 29.5. The minimum Gasteiger partial charge on any atom is -0.453 e. The van der Waals surface area contributed by atoms with Crippen LogP contribution in [0.5, 0.6) is 0 Å². The molecule has 52 heavy (non-hydrogen) atoms. The third-order valence-corrected chi connectivity index (χ3v) is 9.33. The Balaban J connectivity index is 1.38. The number of hydrazine groups is 1. The topological polar surface area (TPSA) is 161 Å². The van der Waals surface area contributed by atoms with Gasteiger partial charge in [0.15, 0.2) is 6.29 Å². The van der Waals surface area contributed by atoms with Crippen LogP contribution in [-0.4, -0.2) is 90.6 Å². The summed E-state index contributed by atoms with van der Waals surface area (Å²) in [7, 11) is 1.19. The summed E-state index contributed by atoms with van der Waals surface area (Å²) in [6.07, 6.45) is 0.544. The summed E-state index contributed by atoms with van der Waals surface area (Å²) >= 11 is 5.92. The Hall–Kier alpha value is -4.34. The van der Waals surface area contributed by atoms with Crippen molar-refractivity contribution in [2.45, 2.75) is 70.7 Å². The second-order valence-corrected chi connectivity index (χ2v) is 14.4. The summed E-state index contributed by atoms with van der Waals surface area (Å²) in [6, 6.07) is 13.7. The maximum Gasteiger partial charge on any atom is 0.407 e. The van der Waals surface area contributed by atoms with Crippen LogP contribution in [0.25, 0.3) is 11.1 Å². The number of hydrogen-bond acceptors (Lipinski definition) is 10. The standard InChI is InChI=1S/C37H45ClFN5O8/c1-37(2,3)32(42-35(47)49-4)33(46)43-44(19-23-9-12-27(38)28(39)16-23)20-30(45)29(41-36(48)52-31-21-51-34-26(31)13-15-50-34)17-22-7-10-24(11-8-22)25-6-5-14-40-18-25/h5-12,14,16,18,26,29-32,34,45H,13,15,17,19-21H2,1-4H3,(H,41,48)(H,42,47)(H,43,46). The molecule has 0 spiro atoms. The van der Waals surface area contributed by atoms with Crippen LogP contribution in [0.2, 0.25) is 5.02 Å². The number of amides is 3. The number of benzene rings is 2. The lowest BCUT2D eigenvalue weighted by Gasteiger charge is -2.34. The quantitative estimate of drug-likeness (QED) is 0.182. The molecule has 13 nitrogen and oxygen atoms in total. The maximum atomic E-state index is 14.5. The van der Waals surface area contributed by atoms with Gasteiger partial charge in [0.25, 0.3) is 5.91 Å². The summed E-state index contributed by atoms with van der Waals surface area (Å²) in [5, 5.41) is 18.5. The largest absolute Gasteiger partial charge is 0.453 e. The van der Waals surface area contributed by atoms with Crippen LogP contribution in [0, 0.1) is 17.2 Å². The second-order valence-electron chi connectivity index (χ2n) is 14.0. The van der Waals surface area contributed by atoms with E-state index in [0.717, 1.165) is 16.7 Å². The lowest BCUT2D eigenvalue weighted by molar-refractivity contribution is -0.131. The molecule has 1 aromatic heterocycles.